The van der Waals surface area contributed by atoms with Crippen LogP contribution in [0.15, 0.2) is 24.3 Å². The van der Waals surface area contributed by atoms with Crippen molar-refractivity contribution in [3.05, 3.63) is 30.1 Å². The van der Waals surface area contributed by atoms with Gasteiger partial charge in [0.25, 0.3) is 0 Å². The first kappa shape index (κ1) is 19.6. The fourth-order valence-electron chi connectivity index (χ4n) is 1.76. The Balaban J connectivity index is 2.58. The lowest BCUT2D eigenvalue weighted by Gasteiger charge is -2.12. The van der Waals surface area contributed by atoms with Crippen LogP contribution in [0.1, 0.15) is 13.3 Å². The second-order valence-electron chi connectivity index (χ2n) is 4.95. The minimum atomic E-state index is -4.08. The molecule has 0 spiro atoms. The lowest BCUT2D eigenvalue weighted by atomic mass is 10.2. The van der Waals surface area contributed by atoms with Crippen LogP contribution in [0.2, 0.25) is 0 Å². The molecule has 0 bridgehead atoms. The maximum atomic E-state index is 12.7. The molecule has 0 aliphatic rings. The van der Waals surface area contributed by atoms with Crippen molar-refractivity contribution in [2.45, 2.75) is 19.4 Å². The van der Waals surface area contributed by atoms with Crippen molar-refractivity contribution in [1.29, 1.82) is 0 Å². The standard InChI is InChI=1S/C14H17FN2O6S/c1-2-11(14(20)21)17-13(19)8-24(22,23)7-12(18)16-10-5-3-9(15)4-6-10/h3-6,11H,2,7-8H2,1H3,(H,16,18)(H,17,19)(H,20,21). The number of nitrogens with one attached hydrogen (secondary N) is 2. The first-order valence-corrected chi connectivity index (χ1v) is 8.73. The Hall–Kier alpha value is -2.49. The van der Waals surface area contributed by atoms with E-state index in [4.69, 9.17) is 5.11 Å². The van der Waals surface area contributed by atoms with Crippen LogP contribution in [0.4, 0.5) is 10.1 Å². The number of carbonyl (C=O) groups excluding carboxylic acids is 2. The number of aliphatic carboxylic acids is 1. The van der Waals surface area contributed by atoms with E-state index in [0.29, 0.717) is 0 Å². The summed E-state index contributed by atoms with van der Waals surface area (Å²) in [5.41, 5.74) is 0.206. The molecule has 0 saturated carbocycles. The van der Waals surface area contributed by atoms with Crippen LogP contribution in [-0.2, 0) is 24.2 Å². The summed E-state index contributed by atoms with van der Waals surface area (Å²) >= 11 is 0. The molecule has 0 heterocycles. The normalized spacial score (nSPS) is 12.2. The summed E-state index contributed by atoms with van der Waals surface area (Å²) in [5, 5.41) is 13.1. The maximum absolute atomic E-state index is 12.7. The molecule has 8 nitrogen and oxygen atoms in total. The molecule has 1 unspecified atom stereocenters. The second kappa shape index (κ2) is 8.39. The van der Waals surface area contributed by atoms with Crippen molar-refractivity contribution in [2.24, 2.45) is 0 Å². The number of rotatable bonds is 8. The Kier molecular flexibility index (Phi) is 6.83. The highest BCUT2D eigenvalue weighted by atomic mass is 32.2. The predicted molar refractivity (Wildman–Crippen MR) is 83.5 cm³/mol. The Morgan fingerprint density at radius 2 is 1.67 bits per heavy atom. The number of carboxylic acid groups (broad SMARTS) is 1. The number of amides is 2. The highest BCUT2D eigenvalue weighted by Gasteiger charge is 2.24. The van der Waals surface area contributed by atoms with Crippen LogP contribution in [0.5, 0.6) is 0 Å². The summed E-state index contributed by atoms with van der Waals surface area (Å²) in [7, 11) is -4.08. The molecule has 2 amide bonds. The Bertz CT molecular complexity index is 717. The van der Waals surface area contributed by atoms with E-state index in [9.17, 15) is 27.2 Å². The van der Waals surface area contributed by atoms with Crippen LogP contribution < -0.4 is 10.6 Å². The number of halogens is 1. The van der Waals surface area contributed by atoms with E-state index in [-0.39, 0.29) is 12.1 Å². The molecule has 132 valence electrons. The van der Waals surface area contributed by atoms with Gasteiger partial charge in [0.2, 0.25) is 11.8 Å². The predicted octanol–water partition coefficient (Wildman–Crippen LogP) is 0.158. The number of anilines is 1. The summed E-state index contributed by atoms with van der Waals surface area (Å²) in [5.74, 6) is -5.65. The topological polar surface area (TPSA) is 130 Å². The quantitative estimate of drug-likeness (QED) is 0.605. The van der Waals surface area contributed by atoms with Crippen molar-refractivity contribution in [3.8, 4) is 0 Å². The molecule has 1 rings (SSSR count). The average molecular weight is 360 g/mol. The number of benzene rings is 1. The largest absolute Gasteiger partial charge is 0.480 e. The molecule has 10 heteroatoms. The molecule has 0 saturated heterocycles. The van der Waals surface area contributed by atoms with Gasteiger partial charge in [-0.1, -0.05) is 6.92 Å². The van der Waals surface area contributed by atoms with Crippen LogP contribution >= 0.6 is 0 Å². The van der Waals surface area contributed by atoms with Gasteiger partial charge in [0, 0.05) is 5.69 Å². The molecule has 1 aromatic rings. The van der Waals surface area contributed by atoms with E-state index in [2.05, 4.69) is 10.6 Å². The minimum absolute atomic E-state index is 0.0895. The third-order valence-electron chi connectivity index (χ3n) is 2.87. The van der Waals surface area contributed by atoms with Gasteiger partial charge in [-0.2, -0.15) is 0 Å². The number of carboxylic acids is 1. The highest BCUT2D eigenvalue weighted by molar-refractivity contribution is 7.92. The molecule has 1 aromatic carbocycles. The first-order valence-electron chi connectivity index (χ1n) is 6.91. The zero-order chi connectivity index (χ0) is 18.3. The molecule has 0 aliphatic heterocycles. The summed E-state index contributed by atoms with van der Waals surface area (Å²) in [6, 6.07) is 3.50. The van der Waals surface area contributed by atoms with Crippen molar-refractivity contribution >= 4 is 33.3 Å². The van der Waals surface area contributed by atoms with Gasteiger partial charge in [-0.05, 0) is 30.7 Å². The highest BCUT2D eigenvalue weighted by Crippen LogP contribution is 2.08. The monoisotopic (exact) mass is 360 g/mol. The van der Waals surface area contributed by atoms with Crippen molar-refractivity contribution < 1.29 is 32.3 Å². The van der Waals surface area contributed by atoms with E-state index in [1.165, 1.54) is 19.1 Å². The minimum Gasteiger partial charge on any atom is -0.480 e. The van der Waals surface area contributed by atoms with E-state index >= 15 is 0 Å². The lowest BCUT2D eigenvalue weighted by Crippen LogP contribution is -2.43. The van der Waals surface area contributed by atoms with Gasteiger partial charge >= 0.3 is 5.97 Å². The van der Waals surface area contributed by atoms with E-state index in [0.717, 1.165) is 12.1 Å². The third kappa shape index (κ3) is 6.73. The molecule has 0 aliphatic carbocycles. The second-order valence-corrected chi connectivity index (χ2v) is 7.02. The van der Waals surface area contributed by atoms with E-state index < -0.39 is 51.0 Å². The van der Waals surface area contributed by atoms with Gasteiger partial charge in [-0.3, -0.25) is 9.59 Å². The van der Waals surface area contributed by atoms with Crippen LogP contribution in [0, 0.1) is 5.82 Å². The lowest BCUT2D eigenvalue weighted by molar-refractivity contribution is -0.141. The summed E-state index contributed by atoms with van der Waals surface area (Å²) < 4.78 is 36.3. The average Bonchev–Trinajstić information content (AvgIpc) is 2.45. The van der Waals surface area contributed by atoms with E-state index in [1.807, 2.05) is 0 Å². The molecular weight excluding hydrogens is 343 g/mol. The van der Waals surface area contributed by atoms with Gasteiger partial charge in [0.05, 0.1) is 0 Å². The van der Waals surface area contributed by atoms with Crippen LogP contribution in [0.25, 0.3) is 0 Å². The zero-order valence-electron chi connectivity index (χ0n) is 12.8. The van der Waals surface area contributed by atoms with Crippen LogP contribution in [0.3, 0.4) is 0 Å². The first-order chi connectivity index (χ1) is 11.1. The number of hydrogen-bond acceptors (Lipinski definition) is 5. The van der Waals surface area contributed by atoms with Crippen molar-refractivity contribution in [1.82, 2.24) is 5.32 Å². The van der Waals surface area contributed by atoms with Gasteiger partial charge in [0.15, 0.2) is 9.84 Å². The third-order valence-corrected chi connectivity index (χ3v) is 4.28. The van der Waals surface area contributed by atoms with Crippen molar-refractivity contribution in [2.75, 3.05) is 16.8 Å². The molecule has 0 fully saturated rings. The fraction of sp³-hybridized carbons (Fsp3) is 0.357. The summed E-state index contributed by atoms with van der Waals surface area (Å²) in [6.07, 6.45) is 0.0895. The van der Waals surface area contributed by atoms with Gasteiger partial charge in [-0.15, -0.1) is 0 Å². The molecule has 3 N–H and O–H groups in total. The molecular formula is C14H17FN2O6S. The Morgan fingerprint density at radius 1 is 1.12 bits per heavy atom. The molecule has 24 heavy (non-hydrogen) atoms. The Morgan fingerprint density at radius 3 is 2.17 bits per heavy atom. The molecule has 0 radical (unpaired) electrons. The Labute approximate surface area is 138 Å². The summed E-state index contributed by atoms with van der Waals surface area (Å²) in [6.45, 7) is 1.52. The van der Waals surface area contributed by atoms with Crippen molar-refractivity contribution in [3.63, 3.8) is 0 Å². The van der Waals surface area contributed by atoms with E-state index in [1.54, 1.807) is 0 Å². The number of carbonyl (C=O) groups is 3. The smallest absolute Gasteiger partial charge is 0.326 e. The van der Waals surface area contributed by atoms with Gasteiger partial charge in [-0.25, -0.2) is 17.6 Å². The SMILES string of the molecule is CCC(NC(=O)CS(=O)(=O)CC(=O)Nc1ccc(F)cc1)C(=O)O. The fourth-order valence-corrected chi connectivity index (χ4v) is 2.81. The maximum Gasteiger partial charge on any atom is 0.326 e. The number of sulfone groups is 1. The number of hydrogen-bond donors (Lipinski definition) is 3. The molecule has 1 atom stereocenters. The van der Waals surface area contributed by atoms with Gasteiger partial charge < -0.3 is 15.7 Å². The molecule has 0 aromatic heterocycles. The van der Waals surface area contributed by atoms with Gasteiger partial charge in [0.1, 0.15) is 23.4 Å². The zero-order valence-corrected chi connectivity index (χ0v) is 13.6. The summed E-state index contributed by atoms with van der Waals surface area (Å²) in [4.78, 5) is 34.0. The van der Waals surface area contributed by atoms with Crippen LogP contribution in [-0.4, -0.2) is 48.9 Å².